The van der Waals surface area contributed by atoms with Crippen molar-refractivity contribution in [1.29, 1.82) is 0 Å². The number of amides is 2. The van der Waals surface area contributed by atoms with Gasteiger partial charge in [0.2, 0.25) is 5.91 Å². The van der Waals surface area contributed by atoms with Crippen LogP contribution < -0.4 is 15.4 Å². The fourth-order valence-electron chi connectivity index (χ4n) is 3.37. The highest BCUT2D eigenvalue weighted by atomic mass is 32.2. The van der Waals surface area contributed by atoms with E-state index in [1.54, 1.807) is 18.5 Å². The zero-order valence-electron chi connectivity index (χ0n) is 20.2. The molecule has 0 radical (unpaired) electrons. The van der Waals surface area contributed by atoms with Gasteiger partial charge in [-0.05, 0) is 68.1 Å². The number of hydrogen-bond acceptors (Lipinski definition) is 6. The van der Waals surface area contributed by atoms with Crippen LogP contribution in [0.25, 0.3) is 0 Å². The van der Waals surface area contributed by atoms with E-state index in [1.165, 1.54) is 17.3 Å². The van der Waals surface area contributed by atoms with Gasteiger partial charge in [0.15, 0.2) is 17.1 Å². The van der Waals surface area contributed by atoms with Crippen molar-refractivity contribution in [2.45, 2.75) is 51.9 Å². The molecule has 0 aliphatic rings. The van der Waals surface area contributed by atoms with Crippen LogP contribution in [0.4, 0.5) is 5.69 Å². The Hall–Kier alpha value is -3.33. The lowest BCUT2D eigenvalue weighted by Crippen LogP contribution is -2.36. The number of hydrogen-bond donors (Lipinski definition) is 2. The lowest BCUT2D eigenvalue weighted by molar-refractivity contribution is -0.127. The average Bonchev–Trinajstić information content (AvgIpc) is 3.15. The van der Waals surface area contributed by atoms with Crippen molar-refractivity contribution in [2.24, 2.45) is 7.05 Å². The van der Waals surface area contributed by atoms with Gasteiger partial charge in [-0.1, -0.05) is 36.9 Å². The van der Waals surface area contributed by atoms with Gasteiger partial charge in [0.05, 0.1) is 12.3 Å². The summed E-state index contributed by atoms with van der Waals surface area (Å²) in [6.45, 7) is 7.99. The largest absolute Gasteiger partial charge is 0.481 e. The summed E-state index contributed by atoms with van der Waals surface area (Å²) in [5.74, 6) is 1.07. The lowest BCUT2D eigenvalue weighted by Gasteiger charge is -2.15. The molecule has 0 spiro atoms. The number of thioether (sulfide) groups is 1. The molecule has 1 atom stereocenters. The van der Waals surface area contributed by atoms with E-state index in [0.29, 0.717) is 16.7 Å². The Labute approximate surface area is 204 Å². The van der Waals surface area contributed by atoms with Gasteiger partial charge < -0.3 is 19.9 Å². The molecule has 0 fully saturated rings. The number of nitrogens with zero attached hydrogens (tertiary/aromatic N) is 3. The van der Waals surface area contributed by atoms with E-state index in [9.17, 15) is 9.59 Å². The van der Waals surface area contributed by atoms with Crippen molar-refractivity contribution in [3.63, 3.8) is 0 Å². The Morgan fingerprint density at radius 2 is 1.76 bits per heavy atom. The number of ether oxygens (including phenoxy) is 1. The molecule has 0 saturated heterocycles. The molecule has 9 heteroatoms. The third-order valence-corrected chi connectivity index (χ3v) is 6.22. The van der Waals surface area contributed by atoms with E-state index in [2.05, 4.69) is 33.8 Å². The second-order valence-electron chi connectivity index (χ2n) is 8.15. The van der Waals surface area contributed by atoms with Crippen molar-refractivity contribution in [1.82, 2.24) is 20.1 Å². The van der Waals surface area contributed by atoms with Crippen LogP contribution in [0.5, 0.6) is 5.75 Å². The summed E-state index contributed by atoms with van der Waals surface area (Å²) in [5.41, 5.74) is 4.18. The first-order valence-electron chi connectivity index (χ1n) is 11.2. The minimum Gasteiger partial charge on any atom is -0.481 e. The van der Waals surface area contributed by atoms with Crippen molar-refractivity contribution < 1.29 is 14.3 Å². The normalized spacial score (nSPS) is 11.7. The number of benzene rings is 2. The topological polar surface area (TPSA) is 98.1 Å². The summed E-state index contributed by atoms with van der Waals surface area (Å²) >= 11 is 1.29. The van der Waals surface area contributed by atoms with Gasteiger partial charge >= 0.3 is 0 Å². The average molecular weight is 482 g/mol. The van der Waals surface area contributed by atoms with Crippen LogP contribution in [0, 0.1) is 13.8 Å². The molecular formula is C25H31N5O3S. The van der Waals surface area contributed by atoms with Gasteiger partial charge in [0.1, 0.15) is 5.75 Å². The molecule has 0 unspecified atom stereocenters. The first-order chi connectivity index (χ1) is 16.2. The van der Waals surface area contributed by atoms with Crippen molar-refractivity contribution in [3.8, 4) is 5.75 Å². The van der Waals surface area contributed by atoms with Crippen LogP contribution in [0.1, 0.15) is 36.4 Å². The Balaban J connectivity index is 1.47. The Morgan fingerprint density at radius 3 is 2.41 bits per heavy atom. The molecule has 0 saturated carbocycles. The summed E-state index contributed by atoms with van der Waals surface area (Å²) in [6.07, 6.45) is 0.300. The van der Waals surface area contributed by atoms with Gasteiger partial charge in [0.25, 0.3) is 5.91 Å². The third kappa shape index (κ3) is 7.08. The van der Waals surface area contributed by atoms with Crippen LogP contribution in [-0.2, 0) is 29.6 Å². The Kier molecular flexibility index (Phi) is 8.70. The molecule has 3 aromatic rings. The van der Waals surface area contributed by atoms with Crippen LogP contribution in [0.3, 0.4) is 0 Å². The molecule has 8 nitrogen and oxygen atoms in total. The quantitative estimate of drug-likeness (QED) is 0.428. The molecule has 0 aliphatic carbocycles. The third-order valence-electron chi connectivity index (χ3n) is 5.20. The van der Waals surface area contributed by atoms with Crippen LogP contribution in [-0.4, -0.2) is 38.4 Å². The minimum atomic E-state index is -0.650. The second-order valence-corrected chi connectivity index (χ2v) is 9.09. The summed E-state index contributed by atoms with van der Waals surface area (Å²) in [7, 11) is 1.81. The molecular weight excluding hydrogens is 450 g/mol. The Bertz CT molecular complexity index is 1120. The predicted molar refractivity (Wildman–Crippen MR) is 134 cm³/mol. The van der Waals surface area contributed by atoms with E-state index in [4.69, 9.17) is 4.74 Å². The molecule has 0 bridgehead atoms. The van der Waals surface area contributed by atoms with Crippen molar-refractivity contribution in [2.75, 3.05) is 11.1 Å². The predicted octanol–water partition coefficient (Wildman–Crippen LogP) is 3.81. The molecule has 3 rings (SSSR count). The van der Waals surface area contributed by atoms with Gasteiger partial charge in [-0.2, -0.15) is 0 Å². The van der Waals surface area contributed by atoms with Gasteiger partial charge in [-0.25, -0.2) is 0 Å². The number of carbonyl (C=O) groups excluding carboxylic acids is 2. The highest BCUT2D eigenvalue weighted by Gasteiger charge is 2.17. The monoisotopic (exact) mass is 481 g/mol. The van der Waals surface area contributed by atoms with E-state index in [-0.39, 0.29) is 24.1 Å². The zero-order chi connectivity index (χ0) is 24.7. The molecule has 0 aliphatic heterocycles. The first kappa shape index (κ1) is 25.3. The van der Waals surface area contributed by atoms with E-state index >= 15 is 0 Å². The highest BCUT2D eigenvalue weighted by Crippen LogP contribution is 2.18. The fourth-order valence-corrected chi connectivity index (χ4v) is 4.10. The molecule has 2 amide bonds. The van der Waals surface area contributed by atoms with Crippen molar-refractivity contribution >= 4 is 29.3 Å². The standard InChI is InChI=1S/C25H31N5O3S/c1-6-19-7-9-21(10-8-19)33-18(4)24(32)26-14-22-28-29-25(30(22)5)34-15-23(31)27-20-12-16(2)11-17(3)13-20/h7-13,18H,6,14-15H2,1-5H3,(H,26,32)(H,27,31)/t18-/m1/s1. The molecule has 1 aromatic heterocycles. The molecule has 2 N–H and O–H groups in total. The number of rotatable bonds is 10. The van der Waals surface area contributed by atoms with E-state index in [0.717, 1.165) is 23.2 Å². The Morgan fingerprint density at radius 1 is 1.09 bits per heavy atom. The van der Waals surface area contributed by atoms with Crippen LogP contribution in [0.2, 0.25) is 0 Å². The molecule has 34 heavy (non-hydrogen) atoms. The number of aryl methyl sites for hydroxylation is 3. The van der Waals surface area contributed by atoms with Gasteiger partial charge in [-0.15, -0.1) is 10.2 Å². The number of nitrogens with one attached hydrogen (secondary N) is 2. The van der Waals surface area contributed by atoms with Gasteiger partial charge in [-0.3, -0.25) is 9.59 Å². The van der Waals surface area contributed by atoms with Crippen molar-refractivity contribution in [3.05, 3.63) is 65.0 Å². The number of anilines is 1. The van der Waals surface area contributed by atoms with E-state index in [1.807, 2.05) is 50.2 Å². The SMILES string of the molecule is CCc1ccc(O[C@H](C)C(=O)NCc2nnc(SCC(=O)Nc3cc(C)cc(C)c3)n2C)cc1. The second kappa shape index (κ2) is 11.7. The summed E-state index contributed by atoms with van der Waals surface area (Å²) < 4.78 is 7.49. The smallest absolute Gasteiger partial charge is 0.261 e. The van der Waals surface area contributed by atoms with Gasteiger partial charge in [0, 0.05) is 12.7 Å². The summed E-state index contributed by atoms with van der Waals surface area (Å²) in [6, 6.07) is 13.6. The van der Waals surface area contributed by atoms with Crippen LogP contribution in [0.15, 0.2) is 47.6 Å². The number of aromatic nitrogens is 3. The zero-order valence-corrected chi connectivity index (χ0v) is 21.0. The minimum absolute atomic E-state index is 0.120. The highest BCUT2D eigenvalue weighted by molar-refractivity contribution is 7.99. The van der Waals surface area contributed by atoms with Crippen LogP contribution >= 0.6 is 11.8 Å². The van der Waals surface area contributed by atoms with E-state index < -0.39 is 6.10 Å². The number of carbonyl (C=O) groups is 2. The molecule has 2 aromatic carbocycles. The fraction of sp³-hybridized carbons (Fsp3) is 0.360. The molecule has 1 heterocycles. The first-order valence-corrected chi connectivity index (χ1v) is 12.2. The molecule has 180 valence electrons. The maximum Gasteiger partial charge on any atom is 0.261 e. The maximum absolute atomic E-state index is 12.4. The summed E-state index contributed by atoms with van der Waals surface area (Å²) in [4.78, 5) is 24.8. The maximum atomic E-state index is 12.4. The summed E-state index contributed by atoms with van der Waals surface area (Å²) in [5, 5.41) is 14.6. The lowest BCUT2D eigenvalue weighted by atomic mass is 10.1.